The van der Waals surface area contributed by atoms with Crippen LogP contribution in [-0.2, 0) is 19.4 Å². The van der Waals surface area contributed by atoms with Crippen molar-refractivity contribution in [2.45, 2.75) is 17.1 Å². The first-order valence-electron chi connectivity index (χ1n) is 6.17. The number of carbonyl (C=O) groups excluding carboxylic acids is 1. The zero-order valence-electron chi connectivity index (χ0n) is 10.7. The molecular formula is C12H15NO5S2. The third-order valence-corrected chi connectivity index (χ3v) is 6.40. The van der Waals surface area contributed by atoms with Crippen LogP contribution in [0.4, 0.5) is 0 Å². The van der Waals surface area contributed by atoms with Gasteiger partial charge < -0.3 is 10.0 Å². The number of amides is 1. The fourth-order valence-corrected chi connectivity index (χ4v) is 4.46. The van der Waals surface area contributed by atoms with Crippen molar-refractivity contribution < 1.29 is 23.1 Å². The van der Waals surface area contributed by atoms with Gasteiger partial charge in [0, 0.05) is 13.1 Å². The van der Waals surface area contributed by atoms with Crippen molar-refractivity contribution in [1.82, 2.24) is 4.90 Å². The minimum Gasteiger partial charge on any atom is -0.481 e. The lowest BCUT2D eigenvalue weighted by molar-refractivity contribution is -0.145. The van der Waals surface area contributed by atoms with E-state index in [1.54, 1.807) is 11.4 Å². The highest BCUT2D eigenvalue weighted by atomic mass is 32.2. The summed E-state index contributed by atoms with van der Waals surface area (Å²) < 4.78 is 24.2. The Morgan fingerprint density at radius 1 is 1.35 bits per heavy atom. The summed E-state index contributed by atoms with van der Waals surface area (Å²) in [5, 5.41) is 10.5. The van der Waals surface area contributed by atoms with Crippen molar-refractivity contribution >= 4 is 33.1 Å². The molecule has 2 heterocycles. The summed E-state index contributed by atoms with van der Waals surface area (Å²) in [5.41, 5.74) is 0. The Balaban J connectivity index is 1.95. The molecule has 0 spiro atoms. The minimum absolute atomic E-state index is 0.186. The molecule has 0 saturated carbocycles. The van der Waals surface area contributed by atoms with Crippen LogP contribution in [-0.4, -0.2) is 49.1 Å². The van der Waals surface area contributed by atoms with E-state index in [-0.39, 0.29) is 4.21 Å². The third-order valence-electron chi connectivity index (χ3n) is 3.31. The van der Waals surface area contributed by atoms with Crippen LogP contribution in [0.15, 0.2) is 21.7 Å². The normalized spacial score (nSPS) is 17.1. The molecule has 1 saturated heterocycles. The molecule has 110 valence electrons. The van der Waals surface area contributed by atoms with Crippen molar-refractivity contribution in [2.75, 3.05) is 18.8 Å². The first-order valence-corrected chi connectivity index (χ1v) is 8.70. The second kappa shape index (κ2) is 5.92. The molecule has 0 aromatic carbocycles. The first kappa shape index (κ1) is 15.0. The maximum Gasteiger partial charge on any atom is 0.306 e. The summed E-state index contributed by atoms with van der Waals surface area (Å²) in [4.78, 5) is 24.2. The van der Waals surface area contributed by atoms with Crippen LogP contribution in [0.5, 0.6) is 0 Å². The number of nitrogens with zero attached hydrogens (tertiary/aromatic N) is 1. The molecule has 0 radical (unpaired) electrons. The Morgan fingerprint density at radius 2 is 2.00 bits per heavy atom. The summed E-state index contributed by atoms with van der Waals surface area (Å²) in [7, 11) is -3.58. The number of piperidine rings is 1. The number of hydrogen-bond donors (Lipinski definition) is 1. The van der Waals surface area contributed by atoms with Gasteiger partial charge >= 0.3 is 5.97 Å². The molecule has 0 bridgehead atoms. The molecule has 1 fully saturated rings. The average molecular weight is 317 g/mol. The first-order chi connectivity index (χ1) is 9.40. The predicted octanol–water partition coefficient (Wildman–Crippen LogP) is 0.845. The van der Waals surface area contributed by atoms with E-state index in [9.17, 15) is 18.0 Å². The summed E-state index contributed by atoms with van der Waals surface area (Å²) in [5.74, 6) is -2.30. The number of likely N-dealkylation sites (tertiary alicyclic amines) is 1. The second-order valence-corrected chi connectivity index (χ2v) is 7.85. The molecule has 1 N–H and O–H groups in total. The van der Waals surface area contributed by atoms with Crippen molar-refractivity contribution in [1.29, 1.82) is 0 Å². The Morgan fingerprint density at radius 3 is 2.50 bits per heavy atom. The molecule has 0 aliphatic carbocycles. The molecular weight excluding hydrogens is 302 g/mol. The second-order valence-electron chi connectivity index (χ2n) is 4.68. The van der Waals surface area contributed by atoms with Crippen LogP contribution >= 0.6 is 11.3 Å². The summed E-state index contributed by atoms with van der Waals surface area (Å²) >= 11 is 1.09. The lowest BCUT2D eigenvalue weighted by Crippen LogP contribution is -2.42. The number of carboxylic acids is 1. The van der Waals surface area contributed by atoms with Gasteiger partial charge in [-0.1, -0.05) is 6.07 Å². The van der Waals surface area contributed by atoms with Gasteiger partial charge in [0.05, 0.1) is 5.92 Å². The van der Waals surface area contributed by atoms with Crippen LogP contribution in [0.2, 0.25) is 0 Å². The van der Waals surface area contributed by atoms with E-state index in [2.05, 4.69) is 0 Å². The summed E-state index contributed by atoms with van der Waals surface area (Å²) in [6.45, 7) is 0.603. The third kappa shape index (κ3) is 3.37. The van der Waals surface area contributed by atoms with Gasteiger partial charge in [-0.25, -0.2) is 8.42 Å². The van der Waals surface area contributed by atoms with Crippen LogP contribution in [0.3, 0.4) is 0 Å². The summed E-state index contributed by atoms with van der Waals surface area (Å²) in [6, 6.07) is 3.10. The number of aliphatic carboxylic acids is 1. The molecule has 1 aliphatic heterocycles. The van der Waals surface area contributed by atoms with Crippen molar-refractivity contribution in [3.8, 4) is 0 Å². The lowest BCUT2D eigenvalue weighted by Gasteiger charge is -2.30. The monoisotopic (exact) mass is 317 g/mol. The Kier molecular flexibility index (Phi) is 4.44. The van der Waals surface area contributed by atoms with E-state index in [4.69, 9.17) is 5.11 Å². The SMILES string of the molecule is O=C(O)C1CCN(C(=O)CS(=O)(=O)c2cccs2)CC1. The number of carbonyl (C=O) groups is 2. The highest BCUT2D eigenvalue weighted by Gasteiger charge is 2.29. The van der Waals surface area contributed by atoms with E-state index < -0.39 is 33.4 Å². The number of carboxylic acid groups (broad SMARTS) is 1. The number of hydrogen-bond acceptors (Lipinski definition) is 5. The van der Waals surface area contributed by atoms with Crippen LogP contribution < -0.4 is 0 Å². The predicted molar refractivity (Wildman–Crippen MR) is 73.3 cm³/mol. The highest BCUT2D eigenvalue weighted by molar-refractivity contribution is 7.94. The quantitative estimate of drug-likeness (QED) is 0.888. The fraction of sp³-hybridized carbons (Fsp3) is 0.500. The van der Waals surface area contributed by atoms with E-state index in [1.807, 2.05) is 0 Å². The number of rotatable bonds is 4. The molecule has 6 nitrogen and oxygen atoms in total. The Labute approximate surface area is 120 Å². The molecule has 20 heavy (non-hydrogen) atoms. The van der Waals surface area contributed by atoms with E-state index >= 15 is 0 Å². The molecule has 0 unspecified atom stereocenters. The Bertz CT molecular complexity index is 585. The maximum absolute atomic E-state index is 12.0. The number of sulfone groups is 1. The van der Waals surface area contributed by atoms with Gasteiger partial charge in [-0.2, -0.15) is 0 Å². The zero-order valence-corrected chi connectivity index (χ0v) is 12.3. The molecule has 1 aromatic heterocycles. The van der Waals surface area contributed by atoms with Crippen LogP contribution in [0.1, 0.15) is 12.8 Å². The Hall–Kier alpha value is -1.41. The van der Waals surface area contributed by atoms with Gasteiger partial charge in [0.15, 0.2) is 9.84 Å². The largest absolute Gasteiger partial charge is 0.481 e. The average Bonchev–Trinajstić information content (AvgIpc) is 2.93. The molecule has 1 amide bonds. The van der Waals surface area contributed by atoms with Gasteiger partial charge in [-0.3, -0.25) is 9.59 Å². The minimum atomic E-state index is -3.58. The van der Waals surface area contributed by atoms with Crippen LogP contribution in [0.25, 0.3) is 0 Å². The van der Waals surface area contributed by atoms with Crippen molar-refractivity contribution in [3.05, 3.63) is 17.5 Å². The van der Waals surface area contributed by atoms with Gasteiger partial charge in [-0.05, 0) is 24.3 Å². The standard InChI is InChI=1S/C12H15NO5S2/c14-10(8-20(17,18)11-2-1-7-19-11)13-5-3-9(4-6-13)12(15)16/h1-2,7,9H,3-6,8H2,(H,15,16). The topological polar surface area (TPSA) is 91.8 Å². The molecule has 0 atom stereocenters. The molecule has 1 aliphatic rings. The van der Waals surface area contributed by atoms with Crippen molar-refractivity contribution in [3.63, 3.8) is 0 Å². The molecule has 2 rings (SSSR count). The molecule has 1 aromatic rings. The van der Waals surface area contributed by atoms with Gasteiger partial charge in [-0.15, -0.1) is 11.3 Å². The summed E-state index contributed by atoms with van der Waals surface area (Å²) in [6.07, 6.45) is 0.750. The highest BCUT2D eigenvalue weighted by Crippen LogP contribution is 2.20. The lowest BCUT2D eigenvalue weighted by atomic mass is 9.97. The van der Waals surface area contributed by atoms with E-state index in [0.717, 1.165) is 11.3 Å². The van der Waals surface area contributed by atoms with E-state index in [0.29, 0.717) is 25.9 Å². The smallest absolute Gasteiger partial charge is 0.306 e. The van der Waals surface area contributed by atoms with Crippen LogP contribution in [0, 0.1) is 5.92 Å². The van der Waals surface area contributed by atoms with Gasteiger partial charge in [0.1, 0.15) is 9.96 Å². The van der Waals surface area contributed by atoms with E-state index in [1.165, 1.54) is 11.0 Å². The molecule has 8 heteroatoms. The fourth-order valence-electron chi connectivity index (χ4n) is 2.14. The van der Waals surface area contributed by atoms with Gasteiger partial charge in [0.25, 0.3) is 0 Å². The van der Waals surface area contributed by atoms with Crippen molar-refractivity contribution in [2.24, 2.45) is 5.92 Å². The van der Waals surface area contributed by atoms with Gasteiger partial charge in [0.2, 0.25) is 5.91 Å². The maximum atomic E-state index is 12.0. The zero-order chi connectivity index (χ0) is 14.8. The number of thiophene rings is 1.